The number of hydrogen-bond donors (Lipinski definition) is 0. The zero-order chi connectivity index (χ0) is 16.6. The molecule has 1 aliphatic carbocycles. The topological polar surface area (TPSA) is 78.1 Å². The highest BCUT2D eigenvalue weighted by Gasteiger charge is 2.23. The molecular weight excluding hydrogens is 296 g/mol. The van der Waals surface area contributed by atoms with E-state index in [1.807, 2.05) is 0 Å². The van der Waals surface area contributed by atoms with Crippen molar-refractivity contribution >= 4 is 11.7 Å². The molecule has 0 saturated heterocycles. The van der Waals surface area contributed by atoms with Crippen LogP contribution in [0.4, 0.5) is 0 Å². The molecule has 0 spiro atoms. The summed E-state index contributed by atoms with van der Waals surface area (Å²) in [5.74, 6) is -0.766. The highest BCUT2D eigenvalue weighted by molar-refractivity contribution is 5.95. The number of carbonyl (C=O) groups is 2. The molecule has 0 amide bonds. The Bertz CT molecular complexity index is 935. The van der Waals surface area contributed by atoms with E-state index in [2.05, 4.69) is 0 Å². The Morgan fingerprint density at radius 3 is 2.43 bits per heavy atom. The summed E-state index contributed by atoms with van der Waals surface area (Å²) in [5, 5.41) is 0. The summed E-state index contributed by atoms with van der Waals surface area (Å²) in [6, 6.07) is 7.67. The van der Waals surface area contributed by atoms with E-state index in [-0.39, 0.29) is 23.3 Å². The van der Waals surface area contributed by atoms with Crippen LogP contribution in [0.5, 0.6) is 0 Å². The van der Waals surface area contributed by atoms with E-state index in [9.17, 15) is 19.2 Å². The predicted octanol–water partition coefficient (Wildman–Crippen LogP) is 1.08. The number of aromatic nitrogens is 2. The van der Waals surface area contributed by atoms with Crippen molar-refractivity contribution in [2.45, 2.75) is 19.4 Å². The van der Waals surface area contributed by atoms with Crippen LogP contribution in [0.25, 0.3) is 0 Å². The molecule has 0 bridgehead atoms. The average molecular weight is 310 g/mol. The molecule has 23 heavy (non-hydrogen) atoms. The maximum atomic E-state index is 12.6. The number of benzene rings is 1. The summed E-state index contributed by atoms with van der Waals surface area (Å²) in [6.45, 7) is 1.54. The first-order chi connectivity index (χ1) is 11.0. The minimum absolute atomic E-state index is 0.0910. The number of ketones is 1. The third kappa shape index (κ3) is 2.59. The molecule has 1 aromatic heterocycles. The summed E-state index contributed by atoms with van der Waals surface area (Å²) < 4.78 is 1.89. The standard InChI is InChI=1S/C17H14N2O4/c1-11-10-18(13-7-8-14(20)9-13)17(23)19(15(11)21)16(22)12-5-3-2-4-6-12/h2-8,10,13H,9H2,1H3/t13-/m0/s1. The monoisotopic (exact) mass is 310 g/mol. The van der Waals surface area contributed by atoms with Gasteiger partial charge in [-0.05, 0) is 25.1 Å². The van der Waals surface area contributed by atoms with E-state index in [1.54, 1.807) is 36.4 Å². The van der Waals surface area contributed by atoms with Crippen molar-refractivity contribution < 1.29 is 9.59 Å². The number of hydrogen-bond acceptors (Lipinski definition) is 4. The Kier molecular flexibility index (Phi) is 3.65. The molecule has 1 aliphatic rings. The van der Waals surface area contributed by atoms with Gasteiger partial charge in [-0.15, -0.1) is 0 Å². The molecule has 1 heterocycles. The van der Waals surface area contributed by atoms with Gasteiger partial charge in [0.15, 0.2) is 5.78 Å². The molecule has 116 valence electrons. The SMILES string of the molecule is Cc1cn([C@H]2C=CC(=O)C2)c(=O)n(C(=O)c2ccccc2)c1=O. The summed E-state index contributed by atoms with van der Waals surface area (Å²) in [7, 11) is 0. The molecule has 0 unspecified atom stereocenters. The Morgan fingerprint density at radius 1 is 1.13 bits per heavy atom. The molecule has 0 N–H and O–H groups in total. The van der Waals surface area contributed by atoms with Crippen molar-refractivity contribution in [2.24, 2.45) is 0 Å². The van der Waals surface area contributed by atoms with Gasteiger partial charge in [0.05, 0.1) is 6.04 Å². The second-order valence-electron chi connectivity index (χ2n) is 5.41. The first-order valence-corrected chi connectivity index (χ1v) is 7.14. The number of rotatable bonds is 2. The molecule has 6 nitrogen and oxygen atoms in total. The van der Waals surface area contributed by atoms with Crippen molar-refractivity contribution in [3.8, 4) is 0 Å². The van der Waals surface area contributed by atoms with Crippen LogP contribution in [0.1, 0.15) is 28.4 Å². The van der Waals surface area contributed by atoms with Crippen LogP contribution in [0.2, 0.25) is 0 Å². The fraction of sp³-hybridized carbons (Fsp3) is 0.176. The van der Waals surface area contributed by atoms with Crippen molar-refractivity contribution in [2.75, 3.05) is 0 Å². The quantitative estimate of drug-likeness (QED) is 0.831. The minimum atomic E-state index is -0.737. The lowest BCUT2D eigenvalue weighted by Gasteiger charge is -2.14. The van der Waals surface area contributed by atoms with Crippen LogP contribution in [0.3, 0.4) is 0 Å². The first-order valence-electron chi connectivity index (χ1n) is 7.14. The van der Waals surface area contributed by atoms with Gasteiger partial charge in [-0.1, -0.05) is 24.3 Å². The fourth-order valence-electron chi connectivity index (χ4n) is 2.58. The van der Waals surface area contributed by atoms with Gasteiger partial charge in [-0.3, -0.25) is 19.0 Å². The van der Waals surface area contributed by atoms with Gasteiger partial charge < -0.3 is 0 Å². The largest absolute Gasteiger partial charge is 0.338 e. The van der Waals surface area contributed by atoms with Crippen molar-refractivity contribution in [1.82, 2.24) is 9.13 Å². The second-order valence-corrected chi connectivity index (χ2v) is 5.41. The van der Waals surface area contributed by atoms with Crippen LogP contribution in [0.15, 0.2) is 58.3 Å². The fourth-order valence-corrected chi connectivity index (χ4v) is 2.58. The second kappa shape index (κ2) is 5.64. The third-order valence-corrected chi connectivity index (χ3v) is 3.78. The molecule has 0 radical (unpaired) electrons. The lowest BCUT2D eigenvalue weighted by molar-refractivity contribution is -0.114. The van der Waals surface area contributed by atoms with Crippen molar-refractivity contribution in [3.05, 3.63) is 80.6 Å². The van der Waals surface area contributed by atoms with Gasteiger partial charge in [0.25, 0.3) is 11.5 Å². The third-order valence-electron chi connectivity index (χ3n) is 3.78. The van der Waals surface area contributed by atoms with Crippen LogP contribution in [0, 0.1) is 6.92 Å². The van der Waals surface area contributed by atoms with Crippen LogP contribution in [-0.4, -0.2) is 20.8 Å². The molecule has 3 rings (SSSR count). The highest BCUT2D eigenvalue weighted by atomic mass is 16.2. The minimum Gasteiger partial charge on any atom is -0.295 e. The summed E-state index contributed by atoms with van der Waals surface area (Å²) in [5.41, 5.74) is -0.865. The number of allylic oxidation sites excluding steroid dienone is 2. The maximum absolute atomic E-state index is 12.6. The van der Waals surface area contributed by atoms with Gasteiger partial charge >= 0.3 is 5.69 Å². The highest BCUT2D eigenvalue weighted by Crippen LogP contribution is 2.18. The number of aryl methyl sites for hydroxylation is 1. The van der Waals surface area contributed by atoms with Crippen LogP contribution >= 0.6 is 0 Å². The zero-order valence-electron chi connectivity index (χ0n) is 12.4. The lowest BCUT2D eigenvalue weighted by atomic mass is 10.2. The smallest absolute Gasteiger partial charge is 0.295 e. The van der Waals surface area contributed by atoms with Gasteiger partial charge in [-0.2, -0.15) is 4.57 Å². The van der Waals surface area contributed by atoms with Gasteiger partial charge in [0, 0.05) is 23.7 Å². The molecule has 0 saturated carbocycles. The van der Waals surface area contributed by atoms with E-state index < -0.39 is 23.2 Å². The van der Waals surface area contributed by atoms with E-state index in [0.29, 0.717) is 4.57 Å². The van der Waals surface area contributed by atoms with Crippen molar-refractivity contribution in [1.29, 1.82) is 0 Å². The molecule has 0 fully saturated rings. The van der Waals surface area contributed by atoms with Crippen LogP contribution in [-0.2, 0) is 4.79 Å². The van der Waals surface area contributed by atoms with Gasteiger partial charge in [0.1, 0.15) is 0 Å². The Balaban J connectivity index is 2.18. The number of carbonyl (C=O) groups excluding carboxylic acids is 2. The Labute approximate surface area is 131 Å². The molecule has 6 heteroatoms. The maximum Gasteiger partial charge on any atom is 0.338 e. The van der Waals surface area contributed by atoms with E-state index >= 15 is 0 Å². The van der Waals surface area contributed by atoms with Crippen molar-refractivity contribution in [3.63, 3.8) is 0 Å². The summed E-state index contributed by atoms with van der Waals surface area (Å²) >= 11 is 0. The molecule has 1 aromatic carbocycles. The summed E-state index contributed by atoms with van der Waals surface area (Å²) in [4.78, 5) is 48.8. The van der Waals surface area contributed by atoms with E-state index in [4.69, 9.17) is 0 Å². The molecule has 1 atom stereocenters. The van der Waals surface area contributed by atoms with Gasteiger partial charge in [0.2, 0.25) is 0 Å². The average Bonchev–Trinajstić information content (AvgIpc) is 2.98. The van der Waals surface area contributed by atoms with Crippen LogP contribution < -0.4 is 11.2 Å². The zero-order valence-corrected chi connectivity index (χ0v) is 12.4. The molecule has 0 aliphatic heterocycles. The first kappa shape index (κ1) is 14.9. The Morgan fingerprint density at radius 2 is 1.83 bits per heavy atom. The molecule has 2 aromatic rings. The van der Waals surface area contributed by atoms with E-state index in [0.717, 1.165) is 0 Å². The lowest BCUT2D eigenvalue weighted by Crippen LogP contribution is -2.45. The summed E-state index contributed by atoms with van der Waals surface area (Å²) in [6.07, 6.45) is 4.55. The molecular formula is C17H14N2O4. The predicted molar refractivity (Wildman–Crippen MR) is 83.7 cm³/mol. The van der Waals surface area contributed by atoms with E-state index in [1.165, 1.54) is 23.8 Å². The Hall–Kier alpha value is -3.02. The normalized spacial score (nSPS) is 16.7. The van der Waals surface area contributed by atoms with Gasteiger partial charge in [-0.25, -0.2) is 4.79 Å². The number of nitrogens with zero attached hydrogens (tertiary/aromatic N) is 2.